The monoisotopic (exact) mass is 624 g/mol. The number of aromatic nitrogens is 3. The number of halogens is 1. The van der Waals surface area contributed by atoms with E-state index in [1.54, 1.807) is 18.3 Å². The molecule has 0 fully saturated rings. The summed E-state index contributed by atoms with van der Waals surface area (Å²) in [5.41, 5.74) is 9.99. The van der Waals surface area contributed by atoms with E-state index in [1.807, 2.05) is 51.1 Å². The first-order valence-electron chi connectivity index (χ1n) is 14.8. The van der Waals surface area contributed by atoms with Crippen LogP contribution < -0.4 is 21.7 Å². The van der Waals surface area contributed by atoms with E-state index < -0.39 is 11.7 Å². The van der Waals surface area contributed by atoms with Crippen molar-refractivity contribution < 1.29 is 18.7 Å². The lowest BCUT2D eigenvalue weighted by Crippen LogP contribution is -2.33. The highest BCUT2D eigenvalue weighted by Gasteiger charge is 2.16. The van der Waals surface area contributed by atoms with Gasteiger partial charge in [-0.05, 0) is 69.4 Å². The first-order chi connectivity index (χ1) is 22.0. The number of aryl methyl sites for hydroxylation is 1. The normalized spacial score (nSPS) is 10.9. The van der Waals surface area contributed by atoms with E-state index in [1.165, 1.54) is 24.4 Å². The third-order valence-electron chi connectivity index (χ3n) is 6.72. The summed E-state index contributed by atoms with van der Waals surface area (Å²) in [6, 6.07) is 17.3. The van der Waals surface area contributed by atoms with Crippen LogP contribution in [-0.2, 0) is 24.1 Å². The number of pyridine rings is 1. The number of nitrogen functional groups attached to an aromatic ring is 1. The zero-order chi connectivity index (χ0) is 33.1. The number of rotatable bonds is 12. The molecule has 0 atom stereocenters. The number of carbonyl (C=O) groups is 2. The Bertz CT molecular complexity index is 1700. The van der Waals surface area contributed by atoms with Crippen molar-refractivity contribution in [1.82, 2.24) is 25.6 Å². The first-order valence-corrected chi connectivity index (χ1v) is 14.8. The predicted octanol–water partition coefficient (Wildman–Crippen LogP) is 5.17. The maximum atomic E-state index is 13.2. The van der Waals surface area contributed by atoms with Gasteiger partial charge in [0.15, 0.2) is 0 Å². The number of amides is 2. The van der Waals surface area contributed by atoms with Gasteiger partial charge in [0.1, 0.15) is 29.1 Å². The van der Waals surface area contributed by atoms with Gasteiger partial charge in [-0.1, -0.05) is 36.4 Å². The van der Waals surface area contributed by atoms with Crippen molar-refractivity contribution in [3.63, 3.8) is 0 Å². The van der Waals surface area contributed by atoms with Gasteiger partial charge in [-0.2, -0.15) is 5.26 Å². The van der Waals surface area contributed by atoms with E-state index in [2.05, 4.69) is 25.9 Å². The first kappa shape index (κ1) is 33.3. The highest BCUT2D eigenvalue weighted by molar-refractivity contribution is 5.99. The summed E-state index contributed by atoms with van der Waals surface area (Å²) >= 11 is 0. The van der Waals surface area contributed by atoms with E-state index in [0.717, 1.165) is 16.7 Å². The van der Waals surface area contributed by atoms with Gasteiger partial charge in [0.25, 0.3) is 5.91 Å². The fraction of sp³-hybridized carbons (Fsp3) is 0.294. The summed E-state index contributed by atoms with van der Waals surface area (Å²) in [6.07, 6.45) is 4.23. The quantitative estimate of drug-likeness (QED) is 0.155. The number of ether oxygens (including phenoxy) is 1. The molecule has 0 saturated heterocycles. The van der Waals surface area contributed by atoms with Crippen LogP contribution >= 0.6 is 0 Å². The number of anilines is 2. The van der Waals surface area contributed by atoms with E-state index in [0.29, 0.717) is 61.9 Å². The Morgan fingerprint density at radius 2 is 1.67 bits per heavy atom. The fourth-order valence-electron chi connectivity index (χ4n) is 4.41. The molecule has 2 heterocycles. The van der Waals surface area contributed by atoms with Crippen molar-refractivity contribution in [1.29, 1.82) is 5.26 Å². The van der Waals surface area contributed by atoms with Gasteiger partial charge in [-0.25, -0.2) is 24.1 Å². The number of nitrogens with one attached hydrogen (secondary N) is 3. The molecule has 11 nitrogen and oxygen atoms in total. The molecule has 0 bridgehead atoms. The van der Waals surface area contributed by atoms with Gasteiger partial charge in [0, 0.05) is 31.4 Å². The molecule has 0 aliphatic rings. The van der Waals surface area contributed by atoms with E-state index in [4.69, 9.17) is 15.5 Å². The van der Waals surface area contributed by atoms with Gasteiger partial charge in [-0.15, -0.1) is 0 Å². The number of carbonyl (C=O) groups excluding carboxylic acids is 2. The molecule has 2 amide bonds. The average Bonchev–Trinajstić information content (AvgIpc) is 3.03. The summed E-state index contributed by atoms with van der Waals surface area (Å²) in [6.45, 7) is 6.54. The number of nitrogens with two attached hydrogens (primary N) is 1. The molecule has 0 spiro atoms. The number of hydrogen-bond acceptors (Lipinski definition) is 9. The third-order valence-corrected chi connectivity index (χ3v) is 6.72. The number of alkyl carbamates (subject to hydrolysis) is 1. The molecule has 4 rings (SSSR count). The largest absolute Gasteiger partial charge is 0.444 e. The summed E-state index contributed by atoms with van der Waals surface area (Å²) < 4.78 is 18.4. The van der Waals surface area contributed by atoms with Crippen molar-refractivity contribution in [2.24, 2.45) is 0 Å². The Hall–Kier alpha value is -5.57. The van der Waals surface area contributed by atoms with E-state index in [-0.39, 0.29) is 22.9 Å². The molecule has 0 aliphatic carbocycles. The van der Waals surface area contributed by atoms with E-state index >= 15 is 0 Å². The van der Waals surface area contributed by atoms with Crippen molar-refractivity contribution in [2.45, 2.75) is 52.2 Å². The lowest BCUT2D eigenvalue weighted by Gasteiger charge is -2.19. The molecular formula is C34H37FN8O3. The summed E-state index contributed by atoms with van der Waals surface area (Å²) in [7, 11) is 0. The molecule has 238 valence electrons. The van der Waals surface area contributed by atoms with Crippen LogP contribution in [0.5, 0.6) is 0 Å². The lowest BCUT2D eigenvalue weighted by atomic mass is 10.1. The molecule has 0 aliphatic heterocycles. The SMILES string of the molecule is CC(C)(C)OC(=O)NCCCc1nc(-c2ccc(CNc3ncc(C#N)cc3C(=O)NCCc3ccc(F)cc3)cc2)cnc1N. The lowest BCUT2D eigenvalue weighted by molar-refractivity contribution is 0.0527. The molecule has 0 unspecified atom stereocenters. The second-order valence-electron chi connectivity index (χ2n) is 11.5. The van der Waals surface area contributed by atoms with Crippen LogP contribution in [0.25, 0.3) is 11.3 Å². The molecule has 12 heteroatoms. The summed E-state index contributed by atoms with van der Waals surface area (Å²) in [4.78, 5) is 38.2. The topological polar surface area (TPSA) is 168 Å². The third kappa shape index (κ3) is 9.99. The van der Waals surface area contributed by atoms with Gasteiger partial charge in [0.2, 0.25) is 0 Å². The molecule has 2 aromatic carbocycles. The number of hydrogen-bond donors (Lipinski definition) is 4. The van der Waals surface area contributed by atoms with Crippen LogP contribution in [0.1, 0.15) is 59.9 Å². The predicted molar refractivity (Wildman–Crippen MR) is 173 cm³/mol. The average molecular weight is 625 g/mol. The van der Waals surface area contributed by atoms with Crippen LogP contribution in [0.3, 0.4) is 0 Å². The Labute approximate surface area is 267 Å². The van der Waals surface area contributed by atoms with Crippen LogP contribution in [0.2, 0.25) is 0 Å². The zero-order valence-electron chi connectivity index (χ0n) is 26.1. The maximum absolute atomic E-state index is 13.2. The molecule has 0 saturated carbocycles. The highest BCUT2D eigenvalue weighted by Crippen LogP contribution is 2.21. The van der Waals surface area contributed by atoms with Gasteiger partial charge >= 0.3 is 6.09 Å². The standard InChI is InChI=1S/C34H37FN8O3/c1-34(2,3)46-33(45)39-15-4-5-28-30(37)40-21-29(43-28)25-10-6-23(7-11-25)19-41-31-27(17-24(18-36)20-42-31)32(44)38-16-14-22-8-12-26(35)13-9-22/h6-13,17,20-21H,4-5,14-16,19H2,1-3H3,(H2,37,40)(H,38,44)(H,39,45)(H,41,42). The number of nitrogens with zero attached hydrogens (tertiary/aromatic N) is 4. The van der Waals surface area contributed by atoms with Crippen molar-refractivity contribution in [3.8, 4) is 17.3 Å². The van der Waals surface area contributed by atoms with Gasteiger partial charge < -0.3 is 26.4 Å². The van der Waals surface area contributed by atoms with E-state index in [9.17, 15) is 19.2 Å². The smallest absolute Gasteiger partial charge is 0.407 e. The highest BCUT2D eigenvalue weighted by atomic mass is 19.1. The minimum absolute atomic E-state index is 0.251. The number of benzene rings is 2. The Morgan fingerprint density at radius 1 is 0.957 bits per heavy atom. The molecule has 5 N–H and O–H groups in total. The van der Waals surface area contributed by atoms with Crippen LogP contribution in [-0.4, -0.2) is 45.6 Å². The van der Waals surface area contributed by atoms with Crippen molar-refractivity contribution >= 4 is 23.6 Å². The molecule has 4 aromatic rings. The second kappa shape index (κ2) is 15.4. The minimum Gasteiger partial charge on any atom is -0.444 e. The zero-order valence-corrected chi connectivity index (χ0v) is 26.1. The Balaban J connectivity index is 1.34. The van der Waals surface area contributed by atoms with Crippen LogP contribution in [0.15, 0.2) is 67.0 Å². The minimum atomic E-state index is -0.562. The molecular weight excluding hydrogens is 587 g/mol. The Kier molecular flexibility index (Phi) is 11.2. The molecule has 0 radical (unpaired) electrons. The summed E-state index contributed by atoms with van der Waals surface area (Å²) in [5, 5.41) is 18.1. The molecule has 46 heavy (non-hydrogen) atoms. The van der Waals surface area contributed by atoms with Crippen LogP contribution in [0, 0.1) is 17.1 Å². The molecule has 2 aromatic heterocycles. The second-order valence-corrected chi connectivity index (χ2v) is 11.5. The number of nitriles is 1. The van der Waals surface area contributed by atoms with Gasteiger partial charge in [0.05, 0.1) is 28.7 Å². The summed E-state index contributed by atoms with van der Waals surface area (Å²) in [5.74, 6) is -0.00342. The van der Waals surface area contributed by atoms with Crippen molar-refractivity contribution in [3.05, 3.63) is 101 Å². The maximum Gasteiger partial charge on any atom is 0.407 e. The van der Waals surface area contributed by atoms with Crippen LogP contribution in [0.4, 0.5) is 20.8 Å². The van der Waals surface area contributed by atoms with Gasteiger partial charge in [-0.3, -0.25) is 4.79 Å². The van der Waals surface area contributed by atoms with Crippen molar-refractivity contribution in [2.75, 3.05) is 24.1 Å². The fourth-order valence-corrected chi connectivity index (χ4v) is 4.41. The Morgan fingerprint density at radius 3 is 2.37 bits per heavy atom.